The van der Waals surface area contributed by atoms with E-state index in [0.717, 1.165) is 52.2 Å². The summed E-state index contributed by atoms with van der Waals surface area (Å²) in [6.07, 6.45) is 6.46. The molecule has 2 aliphatic rings. The molecule has 0 saturated carbocycles. The molecule has 9 heteroatoms. The number of hydrogen-bond acceptors (Lipinski definition) is 7. The maximum atomic E-state index is 13.1. The summed E-state index contributed by atoms with van der Waals surface area (Å²) in [5, 5.41) is 11.4. The van der Waals surface area contributed by atoms with Crippen LogP contribution in [0.15, 0.2) is 16.9 Å². The van der Waals surface area contributed by atoms with Crippen molar-refractivity contribution in [3.05, 3.63) is 29.7 Å². The highest BCUT2D eigenvalue weighted by Crippen LogP contribution is 2.44. The highest BCUT2D eigenvalue weighted by Gasteiger charge is 2.50. The van der Waals surface area contributed by atoms with Crippen LogP contribution in [0, 0.1) is 18.3 Å². The molecule has 1 N–H and O–H groups in total. The monoisotopic (exact) mass is 402 g/mol. The third-order valence-electron chi connectivity index (χ3n) is 6.16. The lowest BCUT2D eigenvalue weighted by molar-refractivity contribution is -0.129. The molecule has 1 spiro atoms. The van der Waals surface area contributed by atoms with E-state index < -0.39 is 0 Å². The Balaban J connectivity index is 1.39. The zero-order chi connectivity index (χ0) is 20.3. The standard InChI is InChI=1S/C20H30N6O3/c1-3-26-12-16(10-22-26)11-25-13-17(20(14-25)5-8-28-9-6-20)19(27)21-7-4-18-23-15(2)29-24-18/h10,12,17H,3-9,11,13-14H2,1-2H3,(H,21,27). The first-order valence-electron chi connectivity index (χ1n) is 10.5. The number of likely N-dealkylation sites (tertiary alicyclic amines) is 1. The first-order chi connectivity index (χ1) is 14.1. The van der Waals surface area contributed by atoms with Crippen LogP contribution in [0.3, 0.4) is 0 Å². The van der Waals surface area contributed by atoms with Gasteiger partial charge in [-0.2, -0.15) is 10.1 Å². The lowest BCUT2D eigenvalue weighted by atomic mass is 9.72. The number of nitrogens with one attached hydrogen (secondary N) is 1. The molecule has 4 heterocycles. The van der Waals surface area contributed by atoms with Gasteiger partial charge in [-0.3, -0.25) is 14.4 Å². The van der Waals surface area contributed by atoms with Gasteiger partial charge >= 0.3 is 0 Å². The number of carbonyl (C=O) groups excluding carboxylic acids is 1. The Kier molecular flexibility index (Phi) is 5.96. The van der Waals surface area contributed by atoms with Crippen LogP contribution in [0.5, 0.6) is 0 Å². The lowest BCUT2D eigenvalue weighted by Crippen LogP contribution is -2.44. The normalized spacial score (nSPS) is 21.7. The molecule has 2 fully saturated rings. The van der Waals surface area contributed by atoms with Gasteiger partial charge in [0.25, 0.3) is 0 Å². The molecule has 2 aliphatic heterocycles. The molecule has 9 nitrogen and oxygen atoms in total. The second kappa shape index (κ2) is 8.62. The van der Waals surface area contributed by atoms with Gasteiger partial charge in [-0.25, -0.2) is 0 Å². The van der Waals surface area contributed by atoms with E-state index in [0.29, 0.717) is 24.7 Å². The van der Waals surface area contributed by atoms with Crippen LogP contribution in [0.4, 0.5) is 0 Å². The summed E-state index contributed by atoms with van der Waals surface area (Å²) in [4.78, 5) is 19.7. The van der Waals surface area contributed by atoms with Crippen molar-refractivity contribution >= 4 is 5.91 Å². The molecular weight excluding hydrogens is 372 g/mol. The van der Waals surface area contributed by atoms with Gasteiger partial charge in [-0.05, 0) is 19.8 Å². The molecule has 2 aromatic rings. The molecule has 1 unspecified atom stereocenters. The quantitative estimate of drug-likeness (QED) is 0.743. The minimum atomic E-state index is -0.0281. The van der Waals surface area contributed by atoms with Crippen LogP contribution in [0.2, 0.25) is 0 Å². The lowest BCUT2D eigenvalue weighted by Gasteiger charge is -2.37. The first-order valence-corrected chi connectivity index (χ1v) is 10.5. The van der Waals surface area contributed by atoms with Crippen molar-refractivity contribution in [3.63, 3.8) is 0 Å². The predicted octanol–water partition coefficient (Wildman–Crippen LogP) is 1.18. The Hall–Kier alpha value is -2.26. The van der Waals surface area contributed by atoms with Crippen LogP contribution in [0.25, 0.3) is 0 Å². The van der Waals surface area contributed by atoms with E-state index in [-0.39, 0.29) is 17.2 Å². The van der Waals surface area contributed by atoms with Crippen LogP contribution < -0.4 is 5.32 Å². The minimum Gasteiger partial charge on any atom is -0.381 e. The topological polar surface area (TPSA) is 98.3 Å². The second-order valence-corrected chi connectivity index (χ2v) is 8.17. The van der Waals surface area contributed by atoms with Gasteiger partial charge in [0.2, 0.25) is 11.8 Å². The van der Waals surface area contributed by atoms with E-state index in [1.807, 2.05) is 10.9 Å². The molecule has 2 aromatic heterocycles. The summed E-state index contributed by atoms with van der Waals surface area (Å²) in [6, 6.07) is 0. The Labute approximate surface area is 170 Å². The van der Waals surface area contributed by atoms with Gasteiger partial charge in [0.15, 0.2) is 5.82 Å². The molecule has 158 valence electrons. The fraction of sp³-hybridized carbons (Fsp3) is 0.700. The Bertz CT molecular complexity index is 826. The third kappa shape index (κ3) is 4.51. The van der Waals surface area contributed by atoms with Crippen LogP contribution in [-0.2, 0) is 29.0 Å². The largest absolute Gasteiger partial charge is 0.381 e. The van der Waals surface area contributed by atoms with Crippen molar-refractivity contribution in [2.45, 2.75) is 46.2 Å². The van der Waals surface area contributed by atoms with Crippen LogP contribution in [0.1, 0.15) is 37.0 Å². The molecule has 2 saturated heterocycles. The molecule has 0 aromatic carbocycles. The molecular formula is C20H30N6O3. The molecule has 0 aliphatic carbocycles. The number of aromatic nitrogens is 4. The summed E-state index contributed by atoms with van der Waals surface area (Å²) in [5.74, 6) is 1.27. The molecule has 1 amide bonds. The summed E-state index contributed by atoms with van der Waals surface area (Å²) in [6.45, 7) is 9.22. The Morgan fingerprint density at radius 3 is 2.90 bits per heavy atom. The van der Waals surface area contributed by atoms with Crippen molar-refractivity contribution in [1.29, 1.82) is 0 Å². The zero-order valence-electron chi connectivity index (χ0n) is 17.3. The fourth-order valence-electron chi connectivity index (χ4n) is 4.62. The molecule has 1 atom stereocenters. The number of ether oxygens (including phenoxy) is 1. The number of carbonyl (C=O) groups is 1. The average Bonchev–Trinajstić information content (AvgIpc) is 3.42. The highest BCUT2D eigenvalue weighted by atomic mass is 16.5. The second-order valence-electron chi connectivity index (χ2n) is 8.17. The van der Waals surface area contributed by atoms with Gasteiger partial charge in [0.05, 0.1) is 12.1 Å². The molecule has 0 bridgehead atoms. The number of hydrogen-bond donors (Lipinski definition) is 1. The van der Waals surface area contributed by atoms with Gasteiger partial charge in [0.1, 0.15) is 0 Å². The minimum absolute atomic E-state index is 0.00812. The number of amides is 1. The summed E-state index contributed by atoms with van der Waals surface area (Å²) in [5.41, 5.74) is 1.19. The SMILES string of the molecule is CCn1cc(CN2CC(C(=O)NCCc3noc(C)n3)C3(CCOCC3)C2)cn1. The van der Waals surface area contributed by atoms with E-state index in [1.165, 1.54) is 5.56 Å². The molecule has 4 rings (SSSR count). The van der Waals surface area contributed by atoms with Gasteiger partial charge in [-0.15, -0.1) is 0 Å². The Morgan fingerprint density at radius 1 is 1.38 bits per heavy atom. The first kappa shape index (κ1) is 20.0. The van der Waals surface area contributed by atoms with E-state index in [2.05, 4.69) is 38.6 Å². The van der Waals surface area contributed by atoms with Crippen molar-refractivity contribution in [1.82, 2.24) is 30.1 Å². The van der Waals surface area contributed by atoms with Gasteiger partial charge in [-0.1, -0.05) is 5.16 Å². The van der Waals surface area contributed by atoms with E-state index in [9.17, 15) is 4.79 Å². The van der Waals surface area contributed by atoms with E-state index in [1.54, 1.807) is 6.92 Å². The maximum Gasteiger partial charge on any atom is 0.225 e. The molecule has 29 heavy (non-hydrogen) atoms. The van der Waals surface area contributed by atoms with Gasteiger partial charge in [0, 0.05) is 76.5 Å². The van der Waals surface area contributed by atoms with Crippen LogP contribution >= 0.6 is 0 Å². The number of nitrogens with zero attached hydrogens (tertiary/aromatic N) is 5. The molecule has 0 radical (unpaired) electrons. The van der Waals surface area contributed by atoms with Crippen molar-refractivity contribution in [2.75, 3.05) is 32.8 Å². The average molecular weight is 402 g/mol. The van der Waals surface area contributed by atoms with E-state index in [4.69, 9.17) is 9.26 Å². The highest BCUT2D eigenvalue weighted by molar-refractivity contribution is 5.80. The zero-order valence-corrected chi connectivity index (χ0v) is 17.3. The summed E-state index contributed by atoms with van der Waals surface area (Å²) < 4.78 is 12.5. The van der Waals surface area contributed by atoms with Crippen LogP contribution in [-0.4, -0.2) is 63.6 Å². The van der Waals surface area contributed by atoms with Gasteiger partial charge < -0.3 is 14.6 Å². The summed E-state index contributed by atoms with van der Waals surface area (Å²) >= 11 is 0. The number of rotatable bonds is 7. The van der Waals surface area contributed by atoms with Crippen molar-refractivity contribution in [2.24, 2.45) is 11.3 Å². The van der Waals surface area contributed by atoms with Crippen molar-refractivity contribution < 1.29 is 14.1 Å². The maximum absolute atomic E-state index is 13.1. The van der Waals surface area contributed by atoms with E-state index >= 15 is 0 Å². The third-order valence-corrected chi connectivity index (χ3v) is 6.16. The summed E-state index contributed by atoms with van der Waals surface area (Å²) in [7, 11) is 0. The predicted molar refractivity (Wildman–Crippen MR) is 105 cm³/mol. The number of aryl methyl sites for hydroxylation is 2. The van der Waals surface area contributed by atoms with Crippen molar-refractivity contribution in [3.8, 4) is 0 Å². The Morgan fingerprint density at radius 2 is 2.21 bits per heavy atom. The fourth-order valence-corrected chi connectivity index (χ4v) is 4.62. The smallest absolute Gasteiger partial charge is 0.225 e.